The minimum atomic E-state index is -0.524. The van der Waals surface area contributed by atoms with Crippen LogP contribution in [0.25, 0.3) is 0 Å². The van der Waals surface area contributed by atoms with E-state index < -0.39 is 5.97 Å². The maximum atomic E-state index is 11.5. The van der Waals surface area contributed by atoms with Crippen LogP contribution in [-0.2, 0) is 11.3 Å². The highest BCUT2D eigenvalue weighted by molar-refractivity contribution is 6.32. The van der Waals surface area contributed by atoms with Crippen LogP contribution in [0, 0.1) is 0 Å². The van der Waals surface area contributed by atoms with Crippen molar-refractivity contribution in [3.05, 3.63) is 88.4 Å². The fourth-order valence-electron chi connectivity index (χ4n) is 2.47. The van der Waals surface area contributed by atoms with E-state index in [1.165, 1.54) is 25.3 Å². The van der Waals surface area contributed by atoms with Gasteiger partial charge in [-0.05, 0) is 47.5 Å². The number of benzene rings is 3. The Balaban J connectivity index is 1.69. The van der Waals surface area contributed by atoms with Gasteiger partial charge < -0.3 is 14.6 Å². The molecule has 0 saturated carbocycles. The smallest absolute Gasteiger partial charge is 0.337 e. The predicted molar refractivity (Wildman–Crippen MR) is 109 cm³/mol. The van der Waals surface area contributed by atoms with Crippen molar-refractivity contribution in [2.45, 2.75) is 6.61 Å². The zero-order valence-corrected chi connectivity index (χ0v) is 15.9. The lowest BCUT2D eigenvalue weighted by molar-refractivity contribution is 0.0600. The molecule has 6 heteroatoms. The zero-order valence-electron chi connectivity index (χ0n) is 15.1. The third-order valence-corrected chi connectivity index (χ3v) is 4.24. The molecule has 3 aromatic carbocycles. The average molecular weight is 396 g/mol. The first-order valence-corrected chi connectivity index (χ1v) is 8.86. The van der Waals surface area contributed by atoms with Crippen LogP contribution in [0.3, 0.4) is 0 Å². The van der Waals surface area contributed by atoms with E-state index in [1.54, 1.807) is 18.3 Å². The Hall–Kier alpha value is -3.31. The van der Waals surface area contributed by atoms with E-state index in [0.717, 1.165) is 11.1 Å². The molecule has 0 fully saturated rings. The summed E-state index contributed by atoms with van der Waals surface area (Å²) in [7, 11) is 1.28. The third-order valence-electron chi connectivity index (χ3n) is 3.94. The van der Waals surface area contributed by atoms with E-state index in [4.69, 9.17) is 16.3 Å². The number of phenolic OH excluding ortho intramolecular Hbond substituents is 1. The van der Waals surface area contributed by atoms with Crippen molar-refractivity contribution in [2.24, 2.45) is 4.99 Å². The van der Waals surface area contributed by atoms with Gasteiger partial charge in [0.15, 0.2) is 0 Å². The molecule has 0 amide bonds. The van der Waals surface area contributed by atoms with Gasteiger partial charge in [-0.1, -0.05) is 41.9 Å². The van der Waals surface area contributed by atoms with Crippen LogP contribution in [0.1, 0.15) is 21.5 Å². The summed E-state index contributed by atoms with van der Waals surface area (Å²) in [6, 6.07) is 19.5. The summed E-state index contributed by atoms with van der Waals surface area (Å²) in [6.45, 7) is 0.425. The normalized spacial score (nSPS) is 10.8. The molecule has 3 aromatic rings. The number of methoxy groups -OCH3 is 1. The van der Waals surface area contributed by atoms with Gasteiger partial charge in [-0.25, -0.2) is 4.79 Å². The number of esters is 1. The van der Waals surface area contributed by atoms with E-state index in [2.05, 4.69) is 9.73 Å². The first kappa shape index (κ1) is 19.5. The quantitative estimate of drug-likeness (QED) is 0.462. The number of hydrogen-bond donors (Lipinski definition) is 1. The number of carbonyl (C=O) groups excluding carboxylic acids is 1. The first-order chi connectivity index (χ1) is 13.6. The highest BCUT2D eigenvalue weighted by atomic mass is 35.5. The summed E-state index contributed by atoms with van der Waals surface area (Å²) >= 11 is 6.29. The molecule has 0 spiro atoms. The van der Waals surface area contributed by atoms with Crippen molar-refractivity contribution in [3.63, 3.8) is 0 Å². The van der Waals surface area contributed by atoms with E-state index in [1.807, 2.05) is 36.4 Å². The number of halogens is 1. The van der Waals surface area contributed by atoms with Crippen LogP contribution in [0.15, 0.2) is 71.7 Å². The molecule has 28 heavy (non-hydrogen) atoms. The first-order valence-electron chi connectivity index (χ1n) is 8.48. The molecule has 0 aliphatic rings. The van der Waals surface area contributed by atoms with Gasteiger partial charge in [-0.2, -0.15) is 0 Å². The minimum absolute atomic E-state index is 0.118. The zero-order chi connectivity index (χ0) is 19.9. The van der Waals surface area contributed by atoms with Crippen molar-refractivity contribution in [2.75, 3.05) is 7.11 Å². The van der Waals surface area contributed by atoms with E-state index in [-0.39, 0.29) is 11.3 Å². The van der Waals surface area contributed by atoms with Crippen molar-refractivity contribution in [3.8, 4) is 11.5 Å². The van der Waals surface area contributed by atoms with Crippen LogP contribution < -0.4 is 4.74 Å². The van der Waals surface area contributed by atoms with Gasteiger partial charge in [0.05, 0.1) is 17.7 Å². The van der Waals surface area contributed by atoms with Gasteiger partial charge in [0.25, 0.3) is 0 Å². The molecule has 3 rings (SSSR count). The number of hydrogen-bond acceptors (Lipinski definition) is 5. The van der Waals surface area contributed by atoms with Crippen LogP contribution in [0.4, 0.5) is 5.69 Å². The van der Waals surface area contributed by atoms with Crippen molar-refractivity contribution in [1.82, 2.24) is 0 Å². The molecule has 0 saturated heterocycles. The molecule has 142 valence electrons. The number of phenols is 1. The highest BCUT2D eigenvalue weighted by Crippen LogP contribution is 2.29. The summed E-state index contributed by atoms with van der Waals surface area (Å²) < 4.78 is 10.4. The van der Waals surface area contributed by atoms with Crippen molar-refractivity contribution in [1.29, 1.82) is 0 Å². The van der Waals surface area contributed by atoms with Crippen LogP contribution in [0.5, 0.6) is 11.5 Å². The van der Waals surface area contributed by atoms with Gasteiger partial charge in [0.1, 0.15) is 23.8 Å². The SMILES string of the molecule is COC(=O)c1ccc(/N=C/c2ccc(OCc3ccccc3)c(Cl)c2)c(O)c1. The molecule has 0 aromatic heterocycles. The predicted octanol–water partition coefficient (Wildman–Crippen LogP) is 5.16. The van der Waals surface area contributed by atoms with Gasteiger partial charge in [-0.15, -0.1) is 0 Å². The van der Waals surface area contributed by atoms with Gasteiger partial charge in [0.2, 0.25) is 0 Å². The monoisotopic (exact) mass is 395 g/mol. The number of aromatic hydroxyl groups is 1. The second kappa shape index (κ2) is 9.06. The average Bonchev–Trinajstić information content (AvgIpc) is 2.72. The van der Waals surface area contributed by atoms with Gasteiger partial charge >= 0.3 is 5.97 Å². The topological polar surface area (TPSA) is 68.1 Å². The molecule has 0 aliphatic carbocycles. The largest absolute Gasteiger partial charge is 0.506 e. The highest BCUT2D eigenvalue weighted by Gasteiger charge is 2.09. The fourth-order valence-corrected chi connectivity index (χ4v) is 2.71. The lowest BCUT2D eigenvalue weighted by atomic mass is 10.2. The molecule has 0 bridgehead atoms. The minimum Gasteiger partial charge on any atom is -0.506 e. The summed E-state index contributed by atoms with van der Waals surface area (Å²) in [5.41, 5.74) is 2.37. The maximum Gasteiger partial charge on any atom is 0.337 e. The van der Waals surface area contributed by atoms with E-state index >= 15 is 0 Å². The third kappa shape index (κ3) is 4.90. The van der Waals surface area contributed by atoms with Crippen LogP contribution in [-0.4, -0.2) is 24.4 Å². The summed E-state index contributed by atoms with van der Waals surface area (Å²) in [5.74, 6) is -0.0651. The molecule has 0 aliphatic heterocycles. The summed E-state index contributed by atoms with van der Waals surface area (Å²) in [5, 5.41) is 10.5. The molecule has 0 atom stereocenters. The standard InChI is InChI=1S/C22H18ClNO4/c1-27-22(26)17-8-9-19(20(25)12-17)24-13-16-7-10-21(18(23)11-16)28-14-15-5-3-2-4-6-15/h2-13,25H,14H2,1H3/b24-13+. The second-order valence-electron chi connectivity index (χ2n) is 5.92. The molecule has 1 N–H and O–H groups in total. The number of nitrogens with zero attached hydrogens (tertiary/aromatic N) is 1. The van der Waals surface area contributed by atoms with Crippen LogP contribution in [0.2, 0.25) is 5.02 Å². The molecule has 0 radical (unpaired) electrons. The molecule has 0 unspecified atom stereocenters. The Labute approximate surface area is 167 Å². The molecule has 5 nitrogen and oxygen atoms in total. The van der Waals surface area contributed by atoms with Gasteiger partial charge in [-0.3, -0.25) is 4.99 Å². The number of ether oxygens (including phenoxy) is 2. The second-order valence-corrected chi connectivity index (χ2v) is 6.32. The lowest BCUT2D eigenvalue weighted by Crippen LogP contribution is -2.00. The molecular weight excluding hydrogens is 378 g/mol. The Morgan fingerprint density at radius 2 is 1.89 bits per heavy atom. The van der Waals surface area contributed by atoms with Crippen molar-refractivity contribution < 1.29 is 19.4 Å². The molecule has 0 heterocycles. The lowest BCUT2D eigenvalue weighted by Gasteiger charge is -2.08. The summed E-state index contributed by atoms with van der Waals surface area (Å²) in [4.78, 5) is 15.7. The Bertz CT molecular complexity index is 1000. The fraction of sp³-hybridized carbons (Fsp3) is 0.0909. The number of aliphatic imine (C=N–C) groups is 1. The molecular formula is C22H18ClNO4. The maximum absolute atomic E-state index is 11.5. The Morgan fingerprint density at radius 3 is 2.57 bits per heavy atom. The van der Waals surface area contributed by atoms with E-state index in [0.29, 0.717) is 23.1 Å². The van der Waals surface area contributed by atoms with Crippen LogP contribution >= 0.6 is 11.6 Å². The Kier molecular flexibility index (Phi) is 6.29. The Morgan fingerprint density at radius 1 is 1.11 bits per heavy atom. The number of rotatable bonds is 6. The summed E-state index contributed by atoms with van der Waals surface area (Å²) in [6.07, 6.45) is 1.57. The van der Waals surface area contributed by atoms with Gasteiger partial charge in [0, 0.05) is 6.21 Å². The van der Waals surface area contributed by atoms with E-state index in [9.17, 15) is 9.90 Å². The van der Waals surface area contributed by atoms with Crippen molar-refractivity contribution >= 4 is 29.5 Å². The number of carbonyl (C=O) groups is 1.